The average molecular weight is 164 g/mol. The van der Waals surface area contributed by atoms with Gasteiger partial charge in [-0.25, -0.2) is 8.97 Å². The van der Waals surface area contributed by atoms with Crippen LogP contribution in [0, 0.1) is 6.92 Å². The monoisotopic (exact) mass is 164 g/mol. The van der Waals surface area contributed by atoms with Crippen LogP contribution in [0.1, 0.15) is 5.56 Å². The van der Waals surface area contributed by atoms with Gasteiger partial charge in [-0.3, -0.25) is 0 Å². The minimum atomic E-state index is 0. The highest BCUT2D eigenvalue weighted by Gasteiger charge is 2.03. The molecule has 0 unspecified atom stereocenters. The van der Waals surface area contributed by atoms with Gasteiger partial charge in [0.1, 0.15) is 12.4 Å². The summed E-state index contributed by atoms with van der Waals surface area (Å²) in [6.07, 6.45) is 6.23. The van der Waals surface area contributed by atoms with Crippen molar-refractivity contribution in [2.24, 2.45) is 7.05 Å². The zero-order valence-corrected chi connectivity index (χ0v) is 7.23. The lowest BCUT2D eigenvalue weighted by Gasteiger charge is -1.89. The zero-order chi connectivity index (χ0) is 7.84. The van der Waals surface area contributed by atoms with E-state index in [0.29, 0.717) is 0 Å². The fourth-order valence-electron chi connectivity index (χ4n) is 1.29. The van der Waals surface area contributed by atoms with Gasteiger partial charge in [-0.15, -0.1) is 0 Å². The molecular weight excluding hydrogens is 152 g/mol. The number of imidazole rings is 1. The van der Waals surface area contributed by atoms with Crippen molar-refractivity contribution in [2.45, 2.75) is 6.92 Å². The highest BCUT2D eigenvalue weighted by atomic mass is 16.0. The number of fused-ring (bicyclic) bond motifs is 1. The molecule has 2 heterocycles. The molecule has 3 heteroatoms. The number of hydrogen-bond donors (Lipinski definition) is 0. The third kappa shape index (κ3) is 1.19. The van der Waals surface area contributed by atoms with E-state index in [4.69, 9.17) is 0 Å². The minimum Gasteiger partial charge on any atom is -0.870 e. The SMILES string of the molecule is Cc1ccc2n(cc[n+]2C)c1.[OH-]. The van der Waals surface area contributed by atoms with E-state index in [-0.39, 0.29) is 5.48 Å². The Kier molecular flexibility index (Phi) is 2.15. The van der Waals surface area contributed by atoms with Gasteiger partial charge in [0, 0.05) is 6.07 Å². The number of pyridine rings is 1. The Bertz CT molecular complexity index is 392. The summed E-state index contributed by atoms with van der Waals surface area (Å²) >= 11 is 0. The molecule has 64 valence electrons. The van der Waals surface area contributed by atoms with Crippen LogP contribution in [0.4, 0.5) is 0 Å². The molecule has 0 bridgehead atoms. The second kappa shape index (κ2) is 2.95. The molecule has 0 aliphatic carbocycles. The number of hydrogen-bond acceptors (Lipinski definition) is 1. The second-order valence-electron chi connectivity index (χ2n) is 2.88. The normalized spacial score (nSPS) is 9.83. The summed E-state index contributed by atoms with van der Waals surface area (Å²) in [7, 11) is 2.05. The first-order valence-electron chi connectivity index (χ1n) is 3.70. The molecule has 1 N–H and O–H groups in total. The largest absolute Gasteiger partial charge is 0.870 e. The van der Waals surface area contributed by atoms with E-state index < -0.39 is 0 Å². The van der Waals surface area contributed by atoms with Crippen LogP contribution < -0.4 is 4.57 Å². The van der Waals surface area contributed by atoms with Gasteiger partial charge in [0.25, 0.3) is 5.65 Å². The van der Waals surface area contributed by atoms with Gasteiger partial charge in [-0.05, 0) is 18.6 Å². The van der Waals surface area contributed by atoms with Crippen molar-refractivity contribution in [2.75, 3.05) is 0 Å². The van der Waals surface area contributed by atoms with Gasteiger partial charge < -0.3 is 5.48 Å². The maximum Gasteiger partial charge on any atom is 0.285 e. The van der Waals surface area contributed by atoms with E-state index in [1.165, 1.54) is 11.2 Å². The van der Waals surface area contributed by atoms with E-state index in [9.17, 15) is 0 Å². The van der Waals surface area contributed by atoms with Gasteiger partial charge in [0.05, 0.1) is 13.2 Å². The van der Waals surface area contributed by atoms with Crippen LogP contribution in [-0.2, 0) is 7.05 Å². The smallest absolute Gasteiger partial charge is 0.285 e. The Hall–Kier alpha value is -1.35. The van der Waals surface area contributed by atoms with E-state index in [1.807, 2.05) is 7.05 Å². The van der Waals surface area contributed by atoms with Gasteiger partial charge in [-0.2, -0.15) is 0 Å². The topological polar surface area (TPSA) is 38.3 Å². The van der Waals surface area contributed by atoms with Crippen LogP contribution >= 0.6 is 0 Å². The second-order valence-corrected chi connectivity index (χ2v) is 2.88. The standard InChI is InChI=1S/C9H11N2.H2O/c1-8-3-4-9-10(2)5-6-11(9)7-8;/h3-7H,1-2H3;1H2/q+1;/p-1. The maximum absolute atomic E-state index is 2.12. The van der Waals surface area contributed by atoms with Crippen molar-refractivity contribution in [1.29, 1.82) is 0 Å². The van der Waals surface area contributed by atoms with Crippen LogP contribution in [0.15, 0.2) is 30.7 Å². The summed E-state index contributed by atoms with van der Waals surface area (Å²) in [5, 5.41) is 0. The molecule has 0 fully saturated rings. The molecule has 2 rings (SSSR count). The Morgan fingerprint density at radius 1 is 1.33 bits per heavy atom. The van der Waals surface area contributed by atoms with Crippen LogP contribution in [0.2, 0.25) is 0 Å². The fraction of sp³-hybridized carbons (Fsp3) is 0.222. The van der Waals surface area contributed by atoms with Crippen LogP contribution in [0.25, 0.3) is 5.65 Å². The maximum atomic E-state index is 2.12. The lowest BCUT2D eigenvalue weighted by Crippen LogP contribution is -2.25. The van der Waals surface area contributed by atoms with Gasteiger partial charge in [0.2, 0.25) is 0 Å². The number of aromatic nitrogens is 2. The molecule has 12 heavy (non-hydrogen) atoms. The lowest BCUT2D eigenvalue weighted by atomic mass is 10.3. The summed E-state index contributed by atoms with van der Waals surface area (Å²) in [5.41, 5.74) is 2.50. The summed E-state index contributed by atoms with van der Waals surface area (Å²) in [5.74, 6) is 0. The molecule has 3 nitrogen and oxygen atoms in total. The van der Waals surface area contributed by atoms with Crippen LogP contribution in [0.5, 0.6) is 0 Å². The van der Waals surface area contributed by atoms with Crippen molar-refractivity contribution in [3.05, 3.63) is 36.3 Å². The third-order valence-electron chi connectivity index (χ3n) is 1.91. The summed E-state index contributed by atoms with van der Waals surface area (Å²) < 4.78 is 4.22. The number of nitrogens with zero attached hydrogens (tertiary/aromatic N) is 2. The fourth-order valence-corrected chi connectivity index (χ4v) is 1.29. The summed E-state index contributed by atoms with van der Waals surface area (Å²) in [4.78, 5) is 0. The van der Waals surface area contributed by atoms with Crippen LogP contribution in [0.3, 0.4) is 0 Å². The molecule has 0 radical (unpaired) electrons. The van der Waals surface area contributed by atoms with E-state index in [0.717, 1.165) is 0 Å². The van der Waals surface area contributed by atoms with Gasteiger partial charge >= 0.3 is 0 Å². The van der Waals surface area contributed by atoms with Crippen molar-refractivity contribution in [3.8, 4) is 0 Å². The number of aryl methyl sites for hydroxylation is 2. The first-order valence-corrected chi connectivity index (χ1v) is 3.70. The highest BCUT2D eigenvalue weighted by molar-refractivity contribution is 5.33. The molecule has 0 atom stereocenters. The van der Waals surface area contributed by atoms with E-state index >= 15 is 0 Å². The van der Waals surface area contributed by atoms with Crippen LogP contribution in [-0.4, -0.2) is 9.88 Å². The molecule has 0 spiro atoms. The molecule has 0 aliphatic heterocycles. The summed E-state index contributed by atoms with van der Waals surface area (Å²) in [6.45, 7) is 2.10. The first-order chi connectivity index (χ1) is 5.27. The Labute approximate surface area is 71.2 Å². The summed E-state index contributed by atoms with van der Waals surface area (Å²) in [6, 6.07) is 4.24. The Morgan fingerprint density at radius 2 is 2.08 bits per heavy atom. The number of rotatable bonds is 0. The highest BCUT2D eigenvalue weighted by Crippen LogP contribution is 2.00. The molecule has 2 aromatic heterocycles. The molecular formula is C9H12N2O. The van der Waals surface area contributed by atoms with Gasteiger partial charge in [-0.1, -0.05) is 0 Å². The Morgan fingerprint density at radius 3 is 2.83 bits per heavy atom. The van der Waals surface area contributed by atoms with Crippen molar-refractivity contribution in [1.82, 2.24) is 4.40 Å². The van der Waals surface area contributed by atoms with Gasteiger partial charge in [0.15, 0.2) is 0 Å². The minimum absolute atomic E-state index is 0. The molecule has 0 aromatic carbocycles. The first kappa shape index (κ1) is 8.74. The molecule has 0 aliphatic rings. The van der Waals surface area contributed by atoms with E-state index in [2.05, 4.69) is 46.6 Å². The molecule has 0 saturated carbocycles. The third-order valence-corrected chi connectivity index (χ3v) is 1.91. The predicted molar refractivity (Wildman–Crippen MR) is 45.2 cm³/mol. The Balaban J connectivity index is 0.000000720. The average Bonchev–Trinajstić information content (AvgIpc) is 2.32. The molecule has 0 amide bonds. The van der Waals surface area contributed by atoms with Crippen molar-refractivity contribution >= 4 is 5.65 Å². The molecule has 2 aromatic rings. The van der Waals surface area contributed by atoms with Crippen molar-refractivity contribution in [3.63, 3.8) is 0 Å². The van der Waals surface area contributed by atoms with E-state index in [1.54, 1.807) is 0 Å². The lowest BCUT2D eigenvalue weighted by molar-refractivity contribution is -0.644. The quantitative estimate of drug-likeness (QED) is 0.533. The molecule has 0 saturated heterocycles. The zero-order valence-electron chi connectivity index (χ0n) is 7.23. The predicted octanol–water partition coefficient (Wildman–Crippen LogP) is 0.895. The van der Waals surface area contributed by atoms with Crippen molar-refractivity contribution < 1.29 is 10.0 Å².